The van der Waals surface area contributed by atoms with Crippen molar-refractivity contribution in [1.82, 2.24) is 5.32 Å². The first-order valence-electron chi connectivity index (χ1n) is 5.71. The number of ether oxygens (including phenoxy) is 1. The first-order chi connectivity index (χ1) is 9.11. The number of hydrogen-bond donors (Lipinski definition) is 2. The lowest BCUT2D eigenvalue weighted by molar-refractivity contribution is -0.139. The standard InChI is InChI=1S/C14H15NO4/c1-19-12(9-14(17)18)10-15-13(16)8-7-11-5-3-2-4-6-11/h2-6,12H,9-10H2,1H3,(H,15,16)(H,17,18). The van der Waals surface area contributed by atoms with Crippen LogP contribution in [0.5, 0.6) is 0 Å². The molecule has 0 aliphatic heterocycles. The molecule has 0 saturated carbocycles. The minimum absolute atomic E-state index is 0.116. The number of nitrogens with one attached hydrogen (secondary N) is 1. The highest BCUT2D eigenvalue weighted by atomic mass is 16.5. The van der Waals surface area contributed by atoms with Gasteiger partial charge in [-0.15, -0.1) is 0 Å². The summed E-state index contributed by atoms with van der Waals surface area (Å²) in [5.41, 5.74) is 0.742. The van der Waals surface area contributed by atoms with Gasteiger partial charge in [-0.3, -0.25) is 9.59 Å². The molecule has 0 fully saturated rings. The maximum Gasteiger partial charge on any atom is 0.306 e. The number of hydrogen-bond acceptors (Lipinski definition) is 3. The Hall–Kier alpha value is -2.32. The Labute approximate surface area is 111 Å². The average Bonchev–Trinajstić information content (AvgIpc) is 2.42. The number of methoxy groups -OCH3 is 1. The van der Waals surface area contributed by atoms with Crippen LogP contribution in [0.3, 0.4) is 0 Å². The monoisotopic (exact) mass is 261 g/mol. The van der Waals surface area contributed by atoms with Crippen LogP contribution in [0, 0.1) is 11.8 Å². The van der Waals surface area contributed by atoms with Gasteiger partial charge in [0.05, 0.1) is 12.5 Å². The second-order valence-corrected chi connectivity index (χ2v) is 3.78. The fourth-order valence-electron chi connectivity index (χ4n) is 1.33. The van der Waals surface area contributed by atoms with E-state index in [2.05, 4.69) is 17.2 Å². The van der Waals surface area contributed by atoms with Crippen LogP contribution in [0.1, 0.15) is 12.0 Å². The summed E-state index contributed by atoms with van der Waals surface area (Å²) < 4.78 is 4.93. The van der Waals surface area contributed by atoms with Gasteiger partial charge in [-0.1, -0.05) is 24.1 Å². The normalized spacial score (nSPS) is 11.0. The molecule has 0 radical (unpaired) electrons. The molecule has 1 aromatic carbocycles. The Morgan fingerprint density at radius 3 is 2.63 bits per heavy atom. The van der Waals surface area contributed by atoms with Gasteiger partial charge in [-0.2, -0.15) is 0 Å². The molecule has 1 rings (SSSR count). The van der Waals surface area contributed by atoms with Crippen LogP contribution in [0.25, 0.3) is 0 Å². The van der Waals surface area contributed by atoms with E-state index in [0.717, 1.165) is 5.56 Å². The second kappa shape index (κ2) is 7.90. The number of carbonyl (C=O) groups excluding carboxylic acids is 1. The summed E-state index contributed by atoms with van der Waals surface area (Å²) in [7, 11) is 1.40. The van der Waals surface area contributed by atoms with Crippen molar-refractivity contribution in [2.45, 2.75) is 12.5 Å². The quantitative estimate of drug-likeness (QED) is 0.763. The molecule has 5 heteroatoms. The summed E-state index contributed by atoms with van der Waals surface area (Å²) in [4.78, 5) is 21.9. The molecular formula is C14H15NO4. The maximum atomic E-state index is 11.4. The van der Waals surface area contributed by atoms with Gasteiger partial charge < -0.3 is 15.2 Å². The minimum Gasteiger partial charge on any atom is -0.481 e. The van der Waals surface area contributed by atoms with Crippen LogP contribution in [0.2, 0.25) is 0 Å². The topological polar surface area (TPSA) is 75.6 Å². The molecule has 100 valence electrons. The third kappa shape index (κ3) is 6.24. The third-order valence-electron chi connectivity index (χ3n) is 2.32. The van der Waals surface area contributed by atoms with E-state index in [1.54, 1.807) is 12.1 Å². The summed E-state index contributed by atoms with van der Waals surface area (Å²) in [6.45, 7) is 0.116. The smallest absolute Gasteiger partial charge is 0.306 e. The maximum absolute atomic E-state index is 11.4. The molecule has 0 spiro atoms. The van der Waals surface area contributed by atoms with Crippen molar-refractivity contribution in [2.75, 3.05) is 13.7 Å². The van der Waals surface area contributed by atoms with Gasteiger partial charge in [0.15, 0.2) is 0 Å². The molecule has 0 aliphatic carbocycles. The van der Waals surface area contributed by atoms with Crippen molar-refractivity contribution in [3.63, 3.8) is 0 Å². The lowest BCUT2D eigenvalue weighted by Gasteiger charge is -2.12. The zero-order valence-electron chi connectivity index (χ0n) is 10.6. The number of amides is 1. The van der Waals surface area contributed by atoms with E-state index < -0.39 is 18.0 Å². The Morgan fingerprint density at radius 2 is 2.05 bits per heavy atom. The van der Waals surface area contributed by atoms with E-state index in [0.29, 0.717) is 0 Å². The zero-order valence-corrected chi connectivity index (χ0v) is 10.6. The van der Waals surface area contributed by atoms with Gasteiger partial charge in [0.2, 0.25) is 0 Å². The van der Waals surface area contributed by atoms with Crippen LogP contribution in [0.15, 0.2) is 30.3 Å². The number of carboxylic acid groups (broad SMARTS) is 1. The number of aliphatic carboxylic acids is 1. The highest BCUT2D eigenvalue weighted by Crippen LogP contribution is 1.96. The Morgan fingerprint density at radius 1 is 1.37 bits per heavy atom. The molecule has 1 unspecified atom stereocenters. The average molecular weight is 261 g/mol. The van der Waals surface area contributed by atoms with E-state index in [9.17, 15) is 9.59 Å². The zero-order chi connectivity index (χ0) is 14.1. The Kier molecular flexibility index (Phi) is 6.13. The van der Waals surface area contributed by atoms with Gasteiger partial charge in [0.25, 0.3) is 5.91 Å². The molecular weight excluding hydrogens is 246 g/mol. The fourth-order valence-corrected chi connectivity index (χ4v) is 1.33. The van der Waals surface area contributed by atoms with Crippen LogP contribution >= 0.6 is 0 Å². The molecule has 0 aliphatic rings. The molecule has 2 N–H and O–H groups in total. The Bertz CT molecular complexity index is 487. The lowest BCUT2D eigenvalue weighted by Crippen LogP contribution is -2.33. The second-order valence-electron chi connectivity index (χ2n) is 3.78. The van der Waals surface area contributed by atoms with E-state index in [4.69, 9.17) is 9.84 Å². The molecule has 19 heavy (non-hydrogen) atoms. The van der Waals surface area contributed by atoms with Gasteiger partial charge >= 0.3 is 5.97 Å². The summed E-state index contributed by atoms with van der Waals surface area (Å²) in [6.07, 6.45) is -0.719. The SMILES string of the molecule is COC(CNC(=O)C#Cc1ccccc1)CC(=O)O. The summed E-state index contributed by atoms with van der Waals surface area (Å²) in [5, 5.41) is 11.1. The summed E-state index contributed by atoms with van der Waals surface area (Å²) in [5.74, 6) is 3.70. The van der Waals surface area contributed by atoms with Crippen molar-refractivity contribution in [1.29, 1.82) is 0 Å². The van der Waals surface area contributed by atoms with Crippen LogP contribution in [-0.2, 0) is 14.3 Å². The number of carbonyl (C=O) groups is 2. The molecule has 0 saturated heterocycles. The number of benzene rings is 1. The molecule has 0 heterocycles. The van der Waals surface area contributed by atoms with Gasteiger partial charge in [0, 0.05) is 25.1 Å². The van der Waals surface area contributed by atoms with Crippen molar-refractivity contribution >= 4 is 11.9 Å². The third-order valence-corrected chi connectivity index (χ3v) is 2.32. The predicted molar refractivity (Wildman–Crippen MR) is 69.4 cm³/mol. The van der Waals surface area contributed by atoms with Gasteiger partial charge in [-0.25, -0.2) is 0 Å². The largest absolute Gasteiger partial charge is 0.481 e. The summed E-state index contributed by atoms with van der Waals surface area (Å²) >= 11 is 0. The van der Waals surface area contributed by atoms with Gasteiger partial charge in [-0.05, 0) is 12.1 Å². The minimum atomic E-state index is -0.975. The van der Waals surface area contributed by atoms with E-state index >= 15 is 0 Å². The summed E-state index contributed by atoms with van der Waals surface area (Å²) in [6, 6.07) is 9.11. The number of rotatable bonds is 5. The first kappa shape index (κ1) is 14.7. The van der Waals surface area contributed by atoms with E-state index in [1.807, 2.05) is 18.2 Å². The van der Waals surface area contributed by atoms with Crippen LogP contribution in [0.4, 0.5) is 0 Å². The van der Waals surface area contributed by atoms with Crippen molar-refractivity contribution < 1.29 is 19.4 Å². The first-order valence-corrected chi connectivity index (χ1v) is 5.71. The van der Waals surface area contributed by atoms with E-state index in [-0.39, 0.29) is 13.0 Å². The highest BCUT2D eigenvalue weighted by molar-refractivity contribution is 5.94. The highest BCUT2D eigenvalue weighted by Gasteiger charge is 2.12. The Balaban J connectivity index is 2.43. The van der Waals surface area contributed by atoms with Crippen molar-refractivity contribution in [3.05, 3.63) is 35.9 Å². The predicted octanol–water partition coefficient (Wildman–Crippen LogP) is 0.644. The molecule has 1 aromatic rings. The van der Waals surface area contributed by atoms with Crippen molar-refractivity contribution in [2.24, 2.45) is 0 Å². The molecule has 1 amide bonds. The fraction of sp³-hybridized carbons (Fsp3) is 0.286. The lowest BCUT2D eigenvalue weighted by atomic mass is 10.2. The molecule has 0 aromatic heterocycles. The van der Waals surface area contributed by atoms with E-state index in [1.165, 1.54) is 7.11 Å². The number of carboxylic acids is 1. The van der Waals surface area contributed by atoms with Crippen LogP contribution in [-0.4, -0.2) is 36.7 Å². The van der Waals surface area contributed by atoms with Gasteiger partial charge in [0.1, 0.15) is 0 Å². The van der Waals surface area contributed by atoms with Crippen LogP contribution < -0.4 is 5.32 Å². The molecule has 1 atom stereocenters. The van der Waals surface area contributed by atoms with Crippen molar-refractivity contribution in [3.8, 4) is 11.8 Å². The molecule has 0 bridgehead atoms. The molecule has 5 nitrogen and oxygen atoms in total.